The van der Waals surface area contributed by atoms with Gasteiger partial charge < -0.3 is 0 Å². The van der Waals surface area contributed by atoms with Gasteiger partial charge in [0.05, 0.1) is 5.69 Å². The summed E-state index contributed by atoms with van der Waals surface area (Å²) in [5, 5.41) is 4.37. The number of hydrogen-bond acceptors (Lipinski definition) is 3. The number of nitrogens with two attached hydrogens (primary N) is 1. The number of aromatic nitrogens is 2. The van der Waals surface area contributed by atoms with Gasteiger partial charge in [-0.1, -0.05) is 0 Å². The second-order valence-corrected chi connectivity index (χ2v) is 3.83. The predicted octanol–water partition coefficient (Wildman–Crippen LogP) is 0.831. The average molecular weight is 210 g/mol. The number of nitrogens with zero attached hydrogens (tertiary/aromatic N) is 2. The number of nitrogens with one attached hydrogen (secondary N) is 1. The number of hydrazine groups is 1. The van der Waals surface area contributed by atoms with Crippen LogP contribution < -0.4 is 11.3 Å². The Morgan fingerprint density at radius 2 is 2.33 bits per heavy atom. The molecule has 0 fully saturated rings. The zero-order valence-corrected chi connectivity index (χ0v) is 9.45. The summed E-state index contributed by atoms with van der Waals surface area (Å²) in [6.45, 7) is 6.02. The third-order valence-corrected chi connectivity index (χ3v) is 2.41. The summed E-state index contributed by atoms with van der Waals surface area (Å²) in [6.07, 6.45) is 1.17. The lowest BCUT2D eigenvalue weighted by Crippen LogP contribution is -2.30. The fraction of sp³-hybridized carbons (Fsp3) is 0.600. The first-order valence-electron chi connectivity index (χ1n) is 5.06. The molecule has 1 rings (SSSR count). The van der Waals surface area contributed by atoms with Crippen LogP contribution in [0.3, 0.4) is 0 Å². The Balaban J connectivity index is 2.57. The van der Waals surface area contributed by atoms with Gasteiger partial charge in [0.1, 0.15) is 0 Å². The molecule has 1 atom stereocenters. The minimum absolute atomic E-state index is 0.136. The fourth-order valence-corrected chi connectivity index (χ4v) is 1.63. The van der Waals surface area contributed by atoms with Crippen molar-refractivity contribution in [3.05, 3.63) is 17.5 Å². The van der Waals surface area contributed by atoms with Crippen LogP contribution in [0.2, 0.25) is 0 Å². The molecule has 15 heavy (non-hydrogen) atoms. The number of hydrogen-bond donors (Lipinski definition) is 2. The fourth-order valence-electron chi connectivity index (χ4n) is 1.63. The SMILES string of the molecule is Cc1cc(C)n(C(C)CCC(=O)NN)n1. The Kier molecular flexibility index (Phi) is 3.85. The first-order valence-corrected chi connectivity index (χ1v) is 5.06. The van der Waals surface area contributed by atoms with Crippen LogP contribution in [0.15, 0.2) is 6.07 Å². The molecular formula is C10H18N4O. The second kappa shape index (κ2) is 4.93. The van der Waals surface area contributed by atoms with Crippen LogP contribution in [0.4, 0.5) is 0 Å². The molecule has 0 aliphatic carbocycles. The molecule has 0 spiro atoms. The summed E-state index contributed by atoms with van der Waals surface area (Å²) in [4.78, 5) is 11.0. The predicted molar refractivity (Wildman–Crippen MR) is 58.0 cm³/mol. The minimum atomic E-state index is -0.136. The molecule has 1 aromatic rings. The lowest BCUT2D eigenvalue weighted by atomic mass is 10.2. The summed E-state index contributed by atoms with van der Waals surface area (Å²) >= 11 is 0. The smallest absolute Gasteiger partial charge is 0.233 e. The van der Waals surface area contributed by atoms with Gasteiger partial charge in [0.2, 0.25) is 5.91 Å². The summed E-state index contributed by atoms with van der Waals surface area (Å²) in [6, 6.07) is 2.25. The van der Waals surface area contributed by atoms with E-state index in [1.807, 2.05) is 31.5 Å². The van der Waals surface area contributed by atoms with E-state index in [2.05, 4.69) is 10.5 Å². The molecule has 84 valence electrons. The van der Waals surface area contributed by atoms with E-state index in [-0.39, 0.29) is 11.9 Å². The van der Waals surface area contributed by atoms with Crippen molar-refractivity contribution in [1.29, 1.82) is 0 Å². The highest BCUT2D eigenvalue weighted by molar-refractivity contribution is 5.75. The van der Waals surface area contributed by atoms with E-state index < -0.39 is 0 Å². The molecule has 0 aromatic carbocycles. The maximum atomic E-state index is 11.0. The number of amides is 1. The van der Waals surface area contributed by atoms with Gasteiger partial charge in [-0.3, -0.25) is 14.9 Å². The van der Waals surface area contributed by atoms with Crippen molar-refractivity contribution >= 4 is 5.91 Å². The zero-order valence-electron chi connectivity index (χ0n) is 9.45. The number of carbonyl (C=O) groups is 1. The summed E-state index contributed by atoms with van der Waals surface area (Å²) in [5.41, 5.74) is 4.24. The summed E-state index contributed by atoms with van der Waals surface area (Å²) in [5.74, 6) is 4.87. The van der Waals surface area contributed by atoms with E-state index in [9.17, 15) is 4.79 Å². The lowest BCUT2D eigenvalue weighted by molar-refractivity contribution is -0.121. The molecule has 3 N–H and O–H groups in total. The topological polar surface area (TPSA) is 72.9 Å². The first-order chi connectivity index (χ1) is 7.04. The number of rotatable bonds is 4. The zero-order chi connectivity index (χ0) is 11.4. The van der Waals surface area contributed by atoms with E-state index in [1.165, 1.54) is 0 Å². The van der Waals surface area contributed by atoms with E-state index in [0.717, 1.165) is 17.8 Å². The van der Waals surface area contributed by atoms with Gasteiger partial charge in [0, 0.05) is 18.2 Å². The van der Waals surface area contributed by atoms with E-state index in [0.29, 0.717) is 6.42 Å². The second-order valence-electron chi connectivity index (χ2n) is 3.83. The molecule has 1 amide bonds. The molecule has 1 aromatic heterocycles. The van der Waals surface area contributed by atoms with Crippen LogP contribution in [0.1, 0.15) is 37.2 Å². The van der Waals surface area contributed by atoms with Crippen molar-refractivity contribution in [2.75, 3.05) is 0 Å². The highest BCUT2D eigenvalue weighted by Gasteiger charge is 2.10. The molecule has 0 radical (unpaired) electrons. The Morgan fingerprint density at radius 1 is 1.67 bits per heavy atom. The molecule has 1 unspecified atom stereocenters. The lowest BCUT2D eigenvalue weighted by Gasteiger charge is -2.13. The highest BCUT2D eigenvalue weighted by atomic mass is 16.2. The molecular weight excluding hydrogens is 192 g/mol. The number of aryl methyl sites for hydroxylation is 2. The van der Waals surface area contributed by atoms with E-state index >= 15 is 0 Å². The maximum absolute atomic E-state index is 11.0. The van der Waals surface area contributed by atoms with Crippen LogP contribution in [0, 0.1) is 13.8 Å². The summed E-state index contributed by atoms with van der Waals surface area (Å²) in [7, 11) is 0. The van der Waals surface area contributed by atoms with Crippen molar-refractivity contribution in [2.24, 2.45) is 5.84 Å². The van der Waals surface area contributed by atoms with E-state index in [4.69, 9.17) is 5.84 Å². The molecule has 0 saturated heterocycles. The molecule has 5 heteroatoms. The van der Waals surface area contributed by atoms with Gasteiger partial charge in [-0.15, -0.1) is 0 Å². The largest absolute Gasteiger partial charge is 0.294 e. The van der Waals surface area contributed by atoms with Gasteiger partial charge in [0.15, 0.2) is 0 Å². The van der Waals surface area contributed by atoms with Gasteiger partial charge in [0.25, 0.3) is 0 Å². The van der Waals surface area contributed by atoms with Crippen molar-refractivity contribution in [2.45, 2.75) is 39.7 Å². The monoisotopic (exact) mass is 210 g/mol. The van der Waals surface area contributed by atoms with Crippen molar-refractivity contribution in [1.82, 2.24) is 15.2 Å². The van der Waals surface area contributed by atoms with Crippen LogP contribution in [-0.2, 0) is 4.79 Å². The van der Waals surface area contributed by atoms with Crippen LogP contribution in [0.5, 0.6) is 0 Å². The van der Waals surface area contributed by atoms with E-state index in [1.54, 1.807) is 0 Å². The molecule has 0 bridgehead atoms. The van der Waals surface area contributed by atoms with Crippen molar-refractivity contribution in [3.63, 3.8) is 0 Å². The van der Waals surface area contributed by atoms with Crippen LogP contribution in [-0.4, -0.2) is 15.7 Å². The average Bonchev–Trinajstić information content (AvgIpc) is 2.53. The maximum Gasteiger partial charge on any atom is 0.233 e. The van der Waals surface area contributed by atoms with Gasteiger partial charge >= 0.3 is 0 Å². The van der Waals surface area contributed by atoms with Gasteiger partial charge in [-0.25, -0.2) is 5.84 Å². The highest BCUT2D eigenvalue weighted by Crippen LogP contribution is 2.15. The standard InChI is InChI=1S/C10H18N4O/c1-7-6-9(3)14(13-7)8(2)4-5-10(15)12-11/h6,8H,4-5,11H2,1-3H3,(H,12,15). The minimum Gasteiger partial charge on any atom is -0.294 e. The van der Waals surface area contributed by atoms with Gasteiger partial charge in [-0.2, -0.15) is 5.10 Å². The van der Waals surface area contributed by atoms with Crippen LogP contribution in [0.25, 0.3) is 0 Å². The van der Waals surface area contributed by atoms with Crippen LogP contribution >= 0.6 is 0 Å². The third kappa shape index (κ3) is 3.06. The molecule has 0 saturated carbocycles. The first kappa shape index (κ1) is 11.7. The quantitative estimate of drug-likeness (QED) is 0.439. The normalized spacial score (nSPS) is 12.5. The third-order valence-electron chi connectivity index (χ3n) is 2.41. The van der Waals surface area contributed by atoms with Crippen molar-refractivity contribution < 1.29 is 4.79 Å². The Bertz CT molecular complexity index is 345. The number of carbonyl (C=O) groups excluding carboxylic acids is 1. The Morgan fingerprint density at radius 3 is 2.80 bits per heavy atom. The Labute approximate surface area is 89.6 Å². The molecule has 0 aliphatic rings. The molecule has 5 nitrogen and oxygen atoms in total. The Hall–Kier alpha value is -1.36. The van der Waals surface area contributed by atoms with Gasteiger partial charge in [-0.05, 0) is 33.3 Å². The van der Waals surface area contributed by atoms with Crippen molar-refractivity contribution in [3.8, 4) is 0 Å². The molecule has 0 aliphatic heterocycles. The molecule has 1 heterocycles. The summed E-state index contributed by atoms with van der Waals surface area (Å²) < 4.78 is 1.94.